The fourth-order valence-corrected chi connectivity index (χ4v) is 3.66. The van der Waals surface area contributed by atoms with Crippen LogP contribution in [0.4, 0.5) is 0 Å². The van der Waals surface area contributed by atoms with Crippen LogP contribution in [0.1, 0.15) is 36.7 Å². The third-order valence-electron chi connectivity index (χ3n) is 5.42. The first kappa shape index (κ1) is 20.8. The van der Waals surface area contributed by atoms with Crippen molar-refractivity contribution in [1.82, 2.24) is 10.2 Å². The highest BCUT2D eigenvalue weighted by Crippen LogP contribution is 2.27. The fraction of sp³-hybridized carbons (Fsp3) is 0.333. The van der Waals surface area contributed by atoms with Gasteiger partial charge in [-0.1, -0.05) is 50.2 Å². The van der Waals surface area contributed by atoms with E-state index in [1.54, 1.807) is 25.1 Å². The lowest BCUT2D eigenvalue weighted by molar-refractivity contribution is 0.0938. The van der Waals surface area contributed by atoms with Crippen molar-refractivity contribution in [3.8, 4) is 11.3 Å². The van der Waals surface area contributed by atoms with Gasteiger partial charge in [0.1, 0.15) is 5.76 Å². The monoisotopic (exact) mass is 392 g/mol. The van der Waals surface area contributed by atoms with Gasteiger partial charge < -0.3 is 9.73 Å². The Balaban J connectivity index is 2.00. The van der Waals surface area contributed by atoms with Gasteiger partial charge in [-0.15, -0.1) is 0 Å². The van der Waals surface area contributed by atoms with Gasteiger partial charge in [0.15, 0.2) is 11.0 Å². The number of amides is 1. The third-order valence-corrected chi connectivity index (χ3v) is 5.42. The zero-order valence-electron chi connectivity index (χ0n) is 17.5. The molecule has 0 aliphatic heterocycles. The zero-order chi connectivity index (χ0) is 21.0. The Labute approximate surface area is 171 Å². The number of hydrogen-bond donors (Lipinski definition) is 1. The highest BCUT2D eigenvalue weighted by molar-refractivity contribution is 6.05. The number of rotatable bonds is 7. The summed E-state index contributed by atoms with van der Waals surface area (Å²) in [6.45, 7) is 10.4. The molecular weight excluding hydrogens is 364 g/mol. The Bertz CT molecular complexity index is 1050. The van der Waals surface area contributed by atoms with Gasteiger partial charge in [-0.25, -0.2) is 0 Å². The Kier molecular flexibility index (Phi) is 6.49. The number of carbonyl (C=O) groups is 1. The predicted octanol–water partition coefficient (Wildman–Crippen LogP) is 4.23. The summed E-state index contributed by atoms with van der Waals surface area (Å²) in [5.74, 6) is 0.264. The zero-order valence-corrected chi connectivity index (χ0v) is 17.5. The molecule has 3 aromatic rings. The number of nitrogens with one attached hydrogen (secondary N) is 1. The third kappa shape index (κ3) is 4.25. The second kappa shape index (κ2) is 9.05. The smallest absolute Gasteiger partial charge is 0.255 e. The Morgan fingerprint density at radius 2 is 1.76 bits per heavy atom. The van der Waals surface area contributed by atoms with Crippen LogP contribution in [0.5, 0.6) is 0 Å². The SMILES string of the molecule is CCN(CC)C(C)CNC(=O)c1cccc2c(=O)c(C)c(-c3ccccc3)oc12. The van der Waals surface area contributed by atoms with Gasteiger partial charge in [0.05, 0.1) is 10.9 Å². The van der Waals surface area contributed by atoms with E-state index < -0.39 is 0 Å². The molecule has 152 valence electrons. The van der Waals surface area contributed by atoms with Crippen molar-refractivity contribution in [2.75, 3.05) is 19.6 Å². The van der Waals surface area contributed by atoms with Gasteiger partial charge in [0, 0.05) is 23.7 Å². The minimum absolute atomic E-state index is 0.115. The number of fused-ring (bicyclic) bond motifs is 1. The van der Waals surface area contributed by atoms with Crippen molar-refractivity contribution < 1.29 is 9.21 Å². The molecule has 1 N–H and O–H groups in total. The first-order valence-corrected chi connectivity index (χ1v) is 10.1. The molecule has 2 aromatic carbocycles. The molecular formula is C24H28N2O3. The molecule has 3 rings (SSSR count). The first-order valence-electron chi connectivity index (χ1n) is 10.1. The number of para-hydroxylation sites is 1. The lowest BCUT2D eigenvalue weighted by atomic mass is 10.0. The molecule has 0 saturated heterocycles. The van der Waals surface area contributed by atoms with E-state index in [1.807, 2.05) is 30.3 Å². The van der Waals surface area contributed by atoms with Crippen molar-refractivity contribution >= 4 is 16.9 Å². The second-order valence-corrected chi connectivity index (χ2v) is 7.21. The van der Waals surface area contributed by atoms with Crippen LogP contribution in [0.15, 0.2) is 57.7 Å². The highest BCUT2D eigenvalue weighted by atomic mass is 16.3. The van der Waals surface area contributed by atoms with Gasteiger partial charge in [-0.3, -0.25) is 14.5 Å². The van der Waals surface area contributed by atoms with Crippen LogP contribution in [-0.2, 0) is 0 Å². The lowest BCUT2D eigenvalue weighted by Crippen LogP contribution is -2.42. The maximum atomic E-state index is 12.9. The minimum Gasteiger partial charge on any atom is -0.455 e. The summed E-state index contributed by atoms with van der Waals surface area (Å²) in [5, 5.41) is 3.41. The standard InChI is InChI=1S/C24H28N2O3/c1-5-26(6-2)16(3)15-25-24(28)20-14-10-13-19-21(27)17(4)22(29-23(19)20)18-11-8-7-9-12-18/h7-14,16H,5-6,15H2,1-4H3,(H,25,28). The van der Waals surface area contributed by atoms with Crippen LogP contribution in [0, 0.1) is 6.92 Å². The average Bonchev–Trinajstić information content (AvgIpc) is 2.75. The van der Waals surface area contributed by atoms with Gasteiger partial charge in [-0.2, -0.15) is 0 Å². The van der Waals surface area contributed by atoms with E-state index >= 15 is 0 Å². The molecule has 1 atom stereocenters. The van der Waals surface area contributed by atoms with Crippen molar-refractivity contribution in [1.29, 1.82) is 0 Å². The van der Waals surface area contributed by atoms with Crippen LogP contribution >= 0.6 is 0 Å². The summed E-state index contributed by atoms with van der Waals surface area (Å²) in [6.07, 6.45) is 0. The van der Waals surface area contributed by atoms with Crippen LogP contribution in [0.3, 0.4) is 0 Å². The van der Waals surface area contributed by atoms with Crippen LogP contribution in [0.25, 0.3) is 22.3 Å². The largest absolute Gasteiger partial charge is 0.455 e. The van der Waals surface area contributed by atoms with Crippen molar-refractivity contribution in [3.05, 3.63) is 69.9 Å². The Hall–Kier alpha value is -2.92. The highest BCUT2D eigenvalue weighted by Gasteiger charge is 2.19. The van der Waals surface area contributed by atoms with E-state index in [0.29, 0.717) is 34.4 Å². The molecule has 0 radical (unpaired) electrons. The summed E-state index contributed by atoms with van der Waals surface area (Å²) < 4.78 is 6.14. The second-order valence-electron chi connectivity index (χ2n) is 7.21. The maximum Gasteiger partial charge on any atom is 0.255 e. The molecule has 0 saturated carbocycles. The van der Waals surface area contributed by atoms with Crippen molar-refractivity contribution in [3.63, 3.8) is 0 Å². The molecule has 1 heterocycles. The number of nitrogens with zero attached hydrogens (tertiary/aromatic N) is 1. The molecule has 0 bridgehead atoms. The van der Waals surface area contributed by atoms with Gasteiger partial charge in [-0.05, 0) is 39.1 Å². The molecule has 5 heteroatoms. The van der Waals surface area contributed by atoms with Crippen LogP contribution in [0.2, 0.25) is 0 Å². The maximum absolute atomic E-state index is 12.9. The summed E-state index contributed by atoms with van der Waals surface area (Å²) in [4.78, 5) is 28.1. The first-order chi connectivity index (χ1) is 14.0. The number of likely N-dealkylation sites (N-methyl/N-ethyl adjacent to an activating group) is 1. The molecule has 0 spiro atoms. The molecule has 1 unspecified atom stereocenters. The summed E-state index contributed by atoms with van der Waals surface area (Å²) in [5.41, 5.74) is 1.94. The van der Waals surface area contributed by atoms with Crippen molar-refractivity contribution in [2.45, 2.75) is 33.7 Å². The summed E-state index contributed by atoms with van der Waals surface area (Å²) >= 11 is 0. The number of hydrogen-bond acceptors (Lipinski definition) is 4. The Morgan fingerprint density at radius 3 is 2.41 bits per heavy atom. The quantitative estimate of drug-likeness (QED) is 0.654. The van der Waals surface area contributed by atoms with E-state index in [9.17, 15) is 9.59 Å². The van der Waals surface area contributed by atoms with Gasteiger partial charge in [0.25, 0.3) is 5.91 Å². The van der Waals surface area contributed by atoms with Gasteiger partial charge >= 0.3 is 0 Å². The lowest BCUT2D eigenvalue weighted by Gasteiger charge is -2.26. The molecule has 5 nitrogen and oxygen atoms in total. The fourth-order valence-electron chi connectivity index (χ4n) is 3.66. The Morgan fingerprint density at radius 1 is 1.07 bits per heavy atom. The molecule has 0 aliphatic rings. The molecule has 29 heavy (non-hydrogen) atoms. The van der Waals surface area contributed by atoms with Crippen LogP contribution in [-0.4, -0.2) is 36.5 Å². The van der Waals surface area contributed by atoms with Gasteiger partial charge in [0.2, 0.25) is 0 Å². The molecule has 0 aliphatic carbocycles. The number of benzene rings is 2. The topological polar surface area (TPSA) is 62.6 Å². The van der Waals surface area contributed by atoms with Crippen molar-refractivity contribution in [2.24, 2.45) is 0 Å². The summed E-state index contributed by atoms with van der Waals surface area (Å²) in [6, 6.07) is 14.8. The normalized spacial score (nSPS) is 12.3. The van der Waals surface area contributed by atoms with E-state index in [1.165, 1.54) is 0 Å². The minimum atomic E-state index is -0.236. The number of carbonyl (C=O) groups excluding carboxylic acids is 1. The molecule has 1 amide bonds. The van der Waals surface area contributed by atoms with E-state index in [0.717, 1.165) is 18.7 Å². The molecule has 0 fully saturated rings. The molecule has 1 aromatic heterocycles. The van der Waals surface area contributed by atoms with E-state index in [2.05, 4.69) is 31.0 Å². The summed E-state index contributed by atoms with van der Waals surface area (Å²) in [7, 11) is 0. The van der Waals surface area contributed by atoms with Crippen LogP contribution < -0.4 is 10.7 Å². The van der Waals surface area contributed by atoms with E-state index in [-0.39, 0.29) is 17.4 Å². The van der Waals surface area contributed by atoms with E-state index in [4.69, 9.17) is 4.42 Å². The average molecular weight is 392 g/mol. The predicted molar refractivity (Wildman–Crippen MR) is 117 cm³/mol.